The molecule has 2 nitrogen and oxygen atoms in total. The van der Waals surface area contributed by atoms with E-state index < -0.39 is 0 Å². The molecule has 70 valence electrons. The van der Waals surface area contributed by atoms with Crippen LogP contribution in [-0.2, 0) is 16.1 Å². The summed E-state index contributed by atoms with van der Waals surface area (Å²) < 4.78 is 4.89. The molecule has 0 unspecified atom stereocenters. The molecule has 0 spiro atoms. The highest BCUT2D eigenvalue weighted by Gasteiger charge is 1.99. The van der Waals surface area contributed by atoms with Crippen LogP contribution in [0, 0.1) is 0 Å². The maximum atomic E-state index is 10.8. The average molecular weight is 264 g/mol. The van der Waals surface area contributed by atoms with Gasteiger partial charge in [0.25, 0.3) is 0 Å². The van der Waals surface area contributed by atoms with E-state index >= 15 is 0 Å². The van der Waals surface area contributed by atoms with Crippen LogP contribution < -0.4 is 0 Å². The average Bonchev–Trinajstić information content (AvgIpc) is 2.16. The minimum Gasteiger partial charge on any atom is -0.460 e. The zero-order valence-electron chi connectivity index (χ0n) is 6.80. The molecule has 0 radical (unpaired) electrons. The molecular weight excluding hydrogens is 255 g/mol. The molecule has 0 heterocycles. The summed E-state index contributed by atoms with van der Waals surface area (Å²) in [5, 5.41) is 0.899. The van der Waals surface area contributed by atoms with Crippen molar-refractivity contribution in [1.82, 2.24) is 0 Å². The molecule has 0 bridgehead atoms. The second-order valence-electron chi connectivity index (χ2n) is 2.42. The van der Waals surface area contributed by atoms with E-state index in [9.17, 15) is 4.79 Å². The summed E-state index contributed by atoms with van der Waals surface area (Å²) >= 11 is 8.69. The first-order valence-corrected chi connectivity index (χ1v) is 5.18. The van der Waals surface area contributed by atoms with Crippen LogP contribution in [0.2, 0.25) is 5.02 Å². The third-order valence-corrected chi connectivity index (χ3v) is 2.13. The van der Waals surface area contributed by atoms with Crippen LogP contribution in [0.4, 0.5) is 0 Å². The highest BCUT2D eigenvalue weighted by atomic mass is 79.9. The predicted molar refractivity (Wildman–Crippen MR) is 55.0 cm³/mol. The molecular formula is C9H8BrClO2. The number of alkyl halides is 1. The van der Waals surface area contributed by atoms with Gasteiger partial charge in [-0.2, -0.15) is 0 Å². The zero-order valence-corrected chi connectivity index (χ0v) is 9.14. The van der Waals surface area contributed by atoms with Gasteiger partial charge in [0.15, 0.2) is 0 Å². The Morgan fingerprint density at radius 2 is 2.00 bits per heavy atom. The molecule has 0 saturated carbocycles. The molecule has 0 saturated heterocycles. The quantitative estimate of drug-likeness (QED) is 0.619. The number of esters is 1. The third kappa shape index (κ3) is 3.79. The van der Waals surface area contributed by atoms with Crippen LogP contribution >= 0.6 is 27.5 Å². The second-order valence-corrected chi connectivity index (χ2v) is 3.42. The molecule has 4 heteroatoms. The molecule has 0 aliphatic rings. The maximum Gasteiger partial charge on any atom is 0.316 e. The van der Waals surface area contributed by atoms with E-state index in [4.69, 9.17) is 16.3 Å². The number of hydrogen-bond acceptors (Lipinski definition) is 2. The number of carbonyl (C=O) groups is 1. The van der Waals surface area contributed by atoms with Crippen LogP contribution in [0.3, 0.4) is 0 Å². The lowest BCUT2D eigenvalue weighted by atomic mass is 10.2. The van der Waals surface area contributed by atoms with Gasteiger partial charge in [-0.3, -0.25) is 4.79 Å². The Balaban J connectivity index is 2.46. The monoisotopic (exact) mass is 262 g/mol. The first-order chi connectivity index (χ1) is 6.22. The molecule has 0 aliphatic carbocycles. The van der Waals surface area contributed by atoms with E-state index in [1.165, 1.54) is 0 Å². The largest absolute Gasteiger partial charge is 0.460 e. The van der Waals surface area contributed by atoms with Gasteiger partial charge in [0.2, 0.25) is 0 Å². The van der Waals surface area contributed by atoms with Crippen molar-refractivity contribution in [3.63, 3.8) is 0 Å². The molecule has 1 rings (SSSR count). The number of halogens is 2. The number of hydrogen-bond donors (Lipinski definition) is 0. The van der Waals surface area contributed by atoms with E-state index in [1.54, 1.807) is 12.1 Å². The molecule has 1 aromatic carbocycles. The molecule has 0 atom stereocenters. The summed E-state index contributed by atoms with van der Waals surface area (Å²) in [5.74, 6) is -0.269. The second kappa shape index (κ2) is 5.25. The smallest absolute Gasteiger partial charge is 0.316 e. The first-order valence-electron chi connectivity index (χ1n) is 3.68. The van der Waals surface area contributed by atoms with E-state index in [-0.39, 0.29) is 11.3 Å². The van der Waals surface area contributed by atoms with Crippen molar-refractivity contribution in [1.29, 1.82) is 0 Å². The Bertz CT molecular complexity index is 284. The van der Waals surface area contributed by atoms with E-state index in [0.717, 1.165) is 5.56 Å². The lowest BCUT2D eigenvalue weighted by Crippen LogP contribution is -2.04. The van der Waals surface area contributed by atoms with Crippen LogP contribution in [-0.4, -0.2) is 11.3 Å². The summed E-state index contributed by atoms with van der Waals surface area (Å²) in [4.78, 5) is 10.8. The van der Waals surface area contributed by atoms with Gasteiger partial charge in [-0.05, 0) is 17.7 Å². The van der Waals surface area contributed by atoms with E-state index in [1.807, 2.05) is 12.1 Å². The van der Waals surface area contributed by atoms with Crippen LogP contribution in [0.15, 0.2) is 24.3 Å². The Kier molecular flexibility index (Phi) is 4.25. The summed E-state index contributed by atoms with van der Waals surface area (Å²) in [6.45, 7) is 0.293. The van der Waals surface area contributed by atoms with Gasteiger partial charge in [0.1, 0.15) is 11.9 Å². The van der Waals surface area contributed by atoms with Crippen LogP contribution in [0.5, 0.6) is 0 Å². The molecule has 0 amide bonds. The van der Waals surface area contributed by atoms with Crippen molar-refractivity contribution in [2.45, 2.75) is 6.61 Å². The summed E-state index contributed by atoms with van der Waals surface area (Å²) in [5.41, 5.74) is 0.929. The van der Waals surface area contributed by atoms with Crippen molar-refractivity contribution < 1.29 is 9.53 Å². The number of rotatable bonds is 3. The van der Waals surface area contributed by atoms with Crippen molar-refractivity contribution >= 4 is 33.5 Å². The van der Waals surface area contributed by atoms with Gasteiger partial charge < -0.3 is 4.74 Å². The summed E-state index contributed by atoms with van der Waals surface area (Å²) in [7, 11) is 0. The van der Waals surface area contributed by atoms with Gasteiger partial charge in [-0.1, -0.05) is 39.7 Å². The topological polar surface area (TPSA) is 26.3 Å². The molecule has 0 fully saturated rings. The van der Waals surface area contributed by atoms with E-state index in [0.29, 0.717) is 11.6 Å². The van der Waals surface area contributed by atoms with E-state index in [2.05, 4.69) is 15.9 Å². The minimum absolute atomic E-state index is 0.223. The highest BCUT2D eigenvalue weighted by Crippen LogP contribution is 2.10. The lowest BCUT2D eigenvalue weighted by molar-refractivity contribution is -0.141. The number of benzene rings is 1. The van der Waals surface area contributed by atoms with Gasteiger partial charge in [0.05, 0.1) is 0 Å². The Morgan fingerprint density at radius 1 is 1.38 bits per heavy atom. The molecule has 0 aromatic heterocycles. The fourth-order valence-corrected chi connectivity index (χ4v) is 1.07. The summed E-state index contributed by atoms with van der Waals surface area (Å²) in [6.07, 6.45) is 0. The minimum atomic E-state index is -0.269. The Hall–Kier alpha value is -0.540. The fourth-order valence-electron chi connectivity index (χ4n) is 0.783. The van der Waals surface area contributed by atoms with Gasteiger partial charge in [-0.15, -0.1) is 0 Å². The van der Waals surface area contributed by atoms with Crippen molar-refractivity contribution in [3.8, 4) is 0 Å². The van der Waals surface area contributed by atoms with Gasteiger partial charge in [0, 0.05) is 5.02 Å². The standard InChI is InChI=1S/C9H8BrClO2/c10-5-9(12)13-6-7-1-3-8(11)4-2-7/h1-4H,5-6H2. The van der Waals surface area contributed by atoms with Crippen molar-refractivity contribution in [2.75, 3.05) is 5.33 Å². The van der Waals surface area contributed by atoms with Crippen molar-refractivity contribution in [2.24, 2.45) is 0 Å². The van der Waals surface area contributed by atoms with Crippen LogP contribution in [0.1, 0.15) is 5.56 Å². The van der Waals surface area contributed by atoms with Gasteiger partial charge >= 0.3 is 5.97 Å². The highest BCUT2D eigenvalue weighted by molar-refractivity contribution is 9.09. The summed E-state index contributed by atoms with van der Waals surface area (Å²) in [6, 6.07) is 7.17. The predicted octanol–water partition coefficient (Wildman–Crippen LogP) is 2.78. The van der Waals surface area contributed by atoms with Gasteiger partial charge in [-0.25, -0.2) is 0 Å². The molecule has 1 aromatic rings. The van der Waals surface area contributed by atoms with Crippen LogP contribution in [0.25, 0.3) is 0 Å². The lowest BCUT2D eigenvalue weighted by Gasteiger charge is -2.02. The normalized spacial score (nSPS) is 9.69. The number of carbonyl (C=O) groups excluding carboxylic acids is 1. The first kappa shape index (κ1) is 10.5. The maximum absolute atomic E-state index is 10.8. The SMILES string of the molecule is O=C(CBr)OCc1ccc(Cl)cc1. The molecule has 13 heavy (non-hydrogen) atoms. The number of ether oxygens (including phenoxy) is 1. The zero-order chi connectivity index (χ0) is 9.68. The molecule has 0 aliphatic heterocycles. The van der Waals surface area contributed by atoms with Crippen molar-refractivity contribution in [3.05, 3.63) is 34.9 Å². The molecule has 0 N–H and O–H groups in total. The fraction of sp³-hybridized carbons (Fsp3) is 0.222. The third-order valence-electron chi connectivity index (χ3n) is 1.42. The Labute approximate surface area is 90.0 Å². The Morgan fingerprint density at radius 3 is 2.54 bits per heavy atom.